The second-order valence-corrected chi connectivity index (χ2v) is 4.30. The standard InChI is InChI=1S/C11H15N5.ClH/c1-7-5-9(13-6-7)11-15-14-10-8(2)12-3-4-16(10)11;/h5-6,8,12-13H,3-4H2,1-2H3;1H. The van der Waals surface area contributed by atoms with E-state index in [1.807, 2.05) is 6.20 Å². The highest BCUT2D eigenvalue weighted by atomic mass is 35.5. The Labute approximate surface area is 106 Å². The van der Waals surface area contributed by atoms with E-state index in [1.54, 1.807) is 0 Å². The van der Waals surface area contributed by atoms with Gasteiger partial charge in [0.2, 0.25) is 0 Å². The molecule has 5 nitrogen and oxygen atoms in total. The first-order valence-corrected chi connectivity index (χ1v) is 5.57. The van der Waals surface area contributed by atoms with E-state index in [2.05, 4.69) is 45.0 Å². The van der Waals surface area contributed by atoms with E-state index in [1.165, 1.54) is 5.56 Å². The number of nitrogens with one attached hydrogen (secondary N) is 2. The lowest BCUT2D eigenvalue weighted by Gasteiger charge is -2.21. The molecule has 0 radical (unpaired) electrons. The highest BCUT2D eigenvalue weighted by Gasteiger charge is 2.22. The summed E-state index contributed by atoms with van der Waals surface area (Å²) in [6, 6.07) is 2.38. The molecule has 92 valence electrons. The molecule has 0 aliphatic carbocycles. The number of H-pyrrole nitrogens is 1. The lowest BCUT2D eigenvalue weighted by Crippen LogP contribution is -2.32. The summed E-state index contributed by atoms with van der Waals surface area (Å²) < 4.78 is 2.19. The minimum atomic E-state index is 0. The van der Waals surface area contributed by atoms with Crippen molar-refractivity contribution in [1.29, 1.82) is 0 Å². The third-order valence-electron chi connectivity index (χ3n) is 3.02. The number of rotatable bonds is 1. The molecule has 3 rings (SSSR count). The molecule has 2 aromatic heterocycles. The van der Waals surface area contributed by atoms with Crippen molar-refractivity contribution in [3.05, 3.63) is 23.7 Å². The molecule has 1 aliphatic heterocycles. The largest absolute Gasteiger partial charge is 0.358 e. The maximum atomic E-state index is 4.27. The summed E-state index contributed by atoms with van der Waals surface area (Å²) in [4.78, 5) is 3.23. The van der Waals surface area contributed by atoms with Crippen molar-refractivity contribution in [3.63, 3.8) is 0 Å². The maximum absolute atomic E-state index is 4.27. The van der Waals surface area contributed by atoms with Gasteiger partial charge in [0.15, 0.2) is 5.82 Å². The Morgan fingerprint density at radius 1 is 1.41 bits per heavy atom. The average molecular weight is 254 g/mol. The van der Waals surface area contributed by atoms with Crippen LogP contribution >= 0.6 is 12.4 Å². The van der Waals surface area contributed by atoms with Gasteiger partial charge in [-0.25, -0.2) is 0 Å². The van der Waals surface area contributed by atoms with Gasteiger partial charge in [-0.3, -0.25) is 0 Å². The number of nitrogens with zero attached hydrogens (tertiary/aromatic N) is 3. The van der Waals surface area contributed by atoms with Crippen LogP contribution in [0.3, 0.4) is 0 Å². The lowest BCUT2D eigenvalue weighted by molar-refractivity contribution is 0.439. The smallest absolute Gasteiger partial charge is 0.180 e. The van der Waals surface area contributed by atoms with Gasteiger partial charge in [-0.1, -0.05) is 0 Å². The molecule has 0 fully saturated rings. The maximum Gasteiger partial charge on any atom is 0.180 e. The van der Waals surface area contributed by atoms with Gasteiger partial charge >= 0.3 is 0 Å². The van der Waals surface area contributed by atoms with Crippen molar-refractivity contribution in [2.24, 2.45) is 0 Å². The molecule has 0 saturated carbocycles. The molecule has 3 heterocycles. The van der Waals surface area contributed by atoms with Gasteiger partial charge in [0.05, 0.1) is 11.7 Å². The Hall–Kier alpha value is -1.33. The van der Waals surface area contributed by atoms with E-state index < -0.39 is 0 Å². The molecule has 0 spiro atoms. The molecule has 1 atom stereocenters. The molecule has 1 unspecified atom stereocenters. The van der Waals surface area contributed by atoms with Gasteiger partial charge in [-0.2, -0.15) is 0 Å². The Morgan fingerprint density at radius 3 is 2.94 bits per heavy atom. The molecule has 2 N–H and O–H groups in total. The van der Waals surface area contributed by atoms with Gasteiger partial charge in [-0.15, -0.1) is 22.6 Å². The molecule has 1 aliphatic rings. The van der Waals surface area contributed by atoms with Crippen LogP contribution in [-0.2, 0) is 6.54 Å². The van der Waals surface area contributed by atoms with E-state index in [4.69, 9.17) is 0 Å². The van der Waals surface area contributed by atoms with Crippen LogP contribution in [0.25, 0.3) is 11.5 Å². The summed E-state index contributed by atoms with van der Waals surface area (Å²) in [6.45, 7) is 6.08. The van der Waals surface area contributed by atoms with Crippen LogP contribution in [0, 0.1) is 6.92 Å². The monoisotopic (exact) mass is 253 g/mol. The van der Waals surface area contributed by atoms with Gasteiger partial charge in [-0.05, 0) is 25.5 Å². The summed E-state index contributed by atoms with van der Waals surface area (Å²) in [7, 11) is 0. The number of aromatic nitrogens is 4. The summed E-state index contributed by atoms with van der Waals surface area (Å²) >= 11 is 0. The van der Waals surface area contributed by atoms with Crippen LogP contribution in [0.2, 0.25) is 0 Å². The normalized spacial score (nSPS) is 18.6. The fourth-order valence-corrected chi connectivity index (χ4v) is 2.17. The average Bonchev–Trinajstić information content (AvgIpc) is 2.84. The highest BCUT2D eigenvalue weighted by molar-refractivity contribution is 5.85. The van der Waals surface area contributed by atoms with Crippen LogP contribution in [0.4, 0.5) is 0 Å². The van der Waals surface area contributed by atoms with Crippen LogP contribution in [-0.4, -0.2) is 26.3 Å². The molecule has 2 aromatic rings. The van der Waals surface area contributed by atoms with E-state index in [0.717, 1.165) is 30.4 Å². The molecule has 0 saturated heterocycles. The minimum Gasteiger partial charge on any atom is -0.358 e. The SMILES string of the molecule is Cc1c[nH]c(-c2nnc3n2CCNC3C)c1.Cl. The number of fused-ring (bicyclic) bond motifs is 1. The minimum absolute atomic E-state index is 0. The molecular formula is C11H16ClN5. The Balaban J connectivity index is 0.00000108. The highest BCUT2D eigenvalue weighted by Crippen LogP contribution is 2.22. The van der Waals surface area contributed by atoms with Crippen LogP contribution in [0.15, 0.2) is 12.3 Å². The fourth-order valence-electron chi connectivity index (χ4n) is 2.17. The van der Waals surface area contributed by atoms with E-state index >= 15 is 0 Å². The van der Waals surface area contributed by atoms with Crippen LogP contribution in [0.1, 0.15) is 24.4 Å². The zero-order valence-electron chi connectivity index (χ0n) is 9.90. The third kappa shape index (κ3) is 1.96. The third-order valence-corrected chi connectivity index (χ3v) is 3.02. The summed E-state index contributed by atoms with van der Waals surface area (Å²) in [5, 5.41) is 11.9. The molecule has 0 bridgehead atoms. The van der Waals surface area contributed by atoms with Crippen molar-refractivity contribution in [2.45, 2.75) is 26.4 Å². The summed E-state index contributed by atoms with van der Waals surface area (Å²) in [6.07, 6.45) is 1.99. The van der Waals surface area contributed by atoms with Crippen molar-refractivity contribution in [2.75, 3.05) is 6.54 Å². The second-order valence-electron chi connectivity index (χ2n) is 4.30. The number of halogens is 1. The second kappa shape index (κ2) is 4.50. The fraction of sp³-hybridized carbons (Fsp3) is 0.455. The first-order valence-electron chi connectivity index (χ1n) is 5.57. The van der Waals surface area contributed by atoms with E-state index in [0.29, 0.717) is 0 Å². The predicted octanol–water partition coefficient (Wildman–Crippen LogP) is 1.67. The molecule has 17 heavy (non-hydrogen) atoms. The van der Waals surface area contributed by atoms with E-state index in [-0.39, 0.29) is 18.4 Å². The van der Waals surface area contributed by atoms with Crippen LogP contribution < -0.4 is 5.32 Å². The predicted molar refractivity (Wildman–Crippen MR) is 68.2 cm³/mol. The zero-order chi connectivity index (χ0) is 11.1. The van der Waals surface area contributed by atoms with Gasteiger partial charge in [0.1, 0.15) is 5.82 Å². The zero-order valence-corrected chi connectivity index (χ0v) is 10.7. The molecule has 6 heteroatoms. The van der Waals surface area contributed by atoms with Crippen molar-refractivity contribution >= 4 is 12.4 Å². The molecular weight excluding hydrogens is 238 g/mol. The van der Waals surface area contributed by atoms with E-state index in [9.17, 15) is 0 Å². The number of aryl methyl sites for hydroxylation is 1. The van der Waals surface area contributed by atoms with Crippen LogP contribution in [0.5, 0.6) is 0 Å². The lowest BCUT2D eigenvalue weighted by atomic mass is 10.2. The van der Waals surface area contributed by atoms with Crippen molar-refractivity contribution in [1.82, 2.24) is 25.1 Å². The number of hydrogen-bond acceptors (Lipinski definition) is 3. The first-order chi connectivity index (χ1) is 7.75. The van der Waals surface area contributed by atoms with Gasteiger partial charge in [0.25, 0.3) is 0 Å². The Morgan fingerprint density at radius 2 is 2.24 bits per heavy atom. The Kier molecular flexibility index (Phi) is 3.22. The summed E-state index contributed by atoms with van der Waals surface area (Å²) in [5.41, 5.74) is 2.26. The van der Waals surface area contributed by atoms with Gasteiger partial charge < -0.3 is 14.9 Å². The van der Waals surface area contributed by atoms with Crippen molar-refractivity contribution in [3.8, 4) is 11.5 Å². The topological polar surface area (TPSA) is 58.5 Å². The first kappa shape index (κ1) is 12.1. The summed E-state index contributed by atoms with van der Waals surface area (Å²) in [5.74, 6) is 1.96. The quantitative estimate of drug-likeness (QED) is 0.813. The Bertz CT molecular complexity index is 516. The molecule has 0 aromatic carbocycles. The molecule has 0 amide bonds. The number of aromatic amines is 1. The van der Waals surface area contributed by atoms with Crippen molar-refractivity contribution < 1.29 is 0 Å². The number of hydrogen-bond donors (Lipinski definition) is 2. The van der Waals surface area contributed by atoms with Gasteiger partial charge in [0, 0.05) is 19.3 Å².